The van der Waals surface area contributed by atoms with E-state index in [1.54, 1.807) is 0 Å². The molecule has 0 amide bonds. The molecule has 3 atom stereocenters. The lowest BCUT2D eigenvalue weighted by molar-refractivity contribution is -0.122. The van der Waals surface area contributed by atoms with E-state index in [4.69, 9.17) is 10.7 Å². The van der Waals surface area contributed by atoms with Crippen molar-refractivity contribution in [1.82, 2.24) is 4.90 Å². The average molecular weight is 244 g/mol. The van der Waals surface area contributed by atoms with Gasteiger partial charge >= 0.3 is 0 Å². The molecule has 0 aliphatic carbocycles. The van der Waals surface area contributed by atoms with Crippen LogP contribution in [0.25, 0.3) is 0 Å². The van der Waals surface area contributed by atoms with Crippen molar-refractivity contribution in [2.24, 2.45) is 0 Å². The first-order valence-corrected chi connectivity index (χ1v) is 6.40. The van der Waals surface area contributed by atoms with E-state index in [-0.39, 0.29) is 12.3 Å². The molecule has 7 heteroatoms. The van der Waals surface area contributed by atoms with E-state index in [0.29, 0.717) is 0 Å². The lowest BCUT2D eigenvalue weighted by Gasteiger charge is -2.16. The summed E-state index contributed by atoms with van der Waals surface area (Å²) in [5.74, 6) is -0.386. The lowest BCUT2D eigenvalue weighted by atomic mass is 10.1. The van der Waals surface area contributed by atoms with E-state index < -0.39 is 26.5 Å². The highest BCUT2D eigenvalue weighted by atomic mass is 35.7. The molecule has 0 aromatic rings. The van der Waals surface area contributed by atoms with Gasteiger partial charge < -0.3 is 0 Å². The van der Waals surface area contributed by atoms with E-state index >= 15 is 0 Å². The third kappa shape index (κ3) is 2.07. The van der Waals surface area contributed by atoms with Gasteiger partial charge in [-0.25, -0.2) is 12.8 Å². The van der Waals surface area contributed by atoms with Gasteiger partial charge in [-0.3, -0.25) is 9.69 Å². The van der Waals surface area contributed by atoms with Crippen molar-refractivity contribution in [3.05, 3.63) is 0 Å². The molecule has 0 saturated carbocycles. The van der Waals surface area contributed by atoms with Crippen LogP contribution >= 0.6 is 10.7 Å². The molecule has 1 saturated heterocycles. The van der Waals surface area contributed by atoms with E-state index in [0.717, 1.165) is 0 Å². The van der Waals surface area contributed by atoms with Gasteiger partial charge in [0.1, 0.15) is 23.2 Å². The zero-order chi connectivity index (χ0) is 11.1. The molecule has 0 N–H and O–H groups in total. The normalized spacial score (nSPS) is 34.7. The standard InChI is InChI=1S/C7H11ClFNO3S/c1-4(11)7-6(9)5(3-10(7)2)14(8,12)13/h5-7H,3H2,1-2H3. The zero-order valence-electron chi connectivity index (χ0n) is 7.78. The Hall–Kier alpha value is -0.200. The number of likely N-dealkylation sites (N-methyl/N-ethyl adjacent to an activating group) is 1. The molecular formula is C7H11ClFNO3S. The predicted molar refractivity (Wildman–Crippen MR) is 50.6 cm³/mol. The van der Waals surface area contributed by atoms with Crippen LogP contribution in [0.1, 0.15) is 6.92 Å². The van der Waals surface area contributed by atoms with Crippen molar-refractivity contribution in [3.8, 4) is 0 Å². The van der Waals surface area contributed by atoms with Gasteiger partial charge in [-0.1, -0.05) is 0 Å². The second kappa shape index (κ2) is 3.75. The molecule has 1 rings (SSSR count). The quantitative estimate of drug-likeness (QED) is 0.649. The zero-order valence-corrected chi connectivity index (χ0v) is 9.35. The Morgan fingerprint density at radius 2 is 2.07 bits per heavy atom. The van der Waals surface area contributed by atoms with Crippen molar-refractivity contribution in [2.75, 3.05) is 13.6 Å². The summed E-state index contributed by atoms with van der Waals surface area (Å²) in [6.07, 6.45) is -1.74. The fourth-order valence-electron chi connectivity index (χ4n) is 1.72. The Bertz CT molecular complexity index is 345. The molecule has 0 bridgehead atoms. The van der Waals surface area contributed by atoms with Crippen molar-refractivity contribution in [3.63, 3.8) is 0 Å². The van der Waals surface area contributed by atoms with Gasteiger partial charge in [-0.15, -0.1) is 0 Å². The SMILES string of the molecule is CC(=O)C1C(F)C(S(=O)(=O)Cl)CN1C. The first-order valence-electron chi connectivity index (χ1n) is 4.03. The van der Waals surface area contributed by atoms with Gasteiger partial charge in [-0.05, 0) is 14.0 Å². The number of hydrogen-bond donors (Lipinski definition) is 0. The van der Waals surface area contributed by atoms with E-state index in [1.807, 2.05) is 0 Å². The predicted octanol–water partition coefficient (Wildman–Crippen LogP) is 0.165. The minimum absolute atomic E-state index is 0.0444. The van der Waals surface area contributed by atoms with Crippen molar-refractivity contribution in [2.45, 2.75) is 24.4 Å². The van der Waals surface area contributed by atoms with Crippen molar-refractivity contribution in [1.29, 1.82) is 0 Å². The van der Waals surface area contributed by atoms with E-state index in [2.05, 4.69) is 0 Å². The third-order valence-corrected chi connectivity index (χ3v) is 4.20. The number of Topliss-reactive ketones (excluding diaryl/α,β-unsaturated/α-hetero) is 1. The fourth-order valence-corrected chi connectivity index (χ4v) is 3.06. The molecule has 0 spiro atoms. The summed E-state index contributed by atoms with van der Waals surface area (Å²) < 4.78 is 35.4. The van der Waals surface area contributed by atoms with Gasteiger partial charge in [0.05, 0.1) is 0 Å². The maximum absolute atomic E-state index is 13.5. The molecule has 1 aliphatic rings. The van der Waals surface area contributed by atoms with Crippen molar-refractivity contribution < 1.29 is 17.6 Å². The average Bonchev–Trinajstić information content (AvgIpc) is 2.24. The minimum Gasteiger partial charge on any atom is -0.298 e. The maximum atomic E-state index is 13.5. The second-order valence-electron chi connectivity index (χ2n) is 3.45. The highest BCUT2D eigenvalue weighted by Gasteiger charge is 2.48. The largest absolute Gasteiger partial charge is 0.298 e. The maximum Gasteiger partial charge on any atom is 0.239 e. The summed E-state index contributed by atoms with van der Waals surface area (Å²) in [5, 5.41) is -1.30. The van der Waals surface area contributed by atoms with Crippen LogP contribution < -0.4 is 0 Å². The van der Waals surface area contributed by atoms with E-state index in [1.165, 1.54) is 18.9 Å². The monoisotopic (exact) mass is 243 g/mol. The smallest absolute Gasteiger partial charge is 0.239 e. The summed E-state index contributed by atoms with van der Waals surface area (Å²) in [6, 6.07) is -0.992. The van der Waals surface area contributed by atoms with Crippen LogP contribution in [0.2, 0.25) is 0 Å². The van der Waals surface area contributed by atoms with Crippen LogP contribution in [0.5, 0.6) is 0 Å². The topological polar surface area (TPSA) is 54.5 Å². The molecule has 0 aromatic carbocycles. The number of likely N-dealkylation sites (tertiary alicyclic amines) is 1. The van der Waals surface area contributed by atoms with Crippen LogP contribution in [0, 0.1) is 0 Å². The molecular weight excluding hydrogens is 233 g/mol. The number of ketones is 1. The van der Waals surface area contributed by atoms with Gasteiger partial charge in [0.25, 0.3) is 0 Å². The number of halogens is 2. The van der Waals surface area contributed by atoms with Crippen molar-refractivity contribution >= 4 is 25.5 Å². The van der Waals surface area contributed by atoms with Gasteiger partial charge in [0.2, 0.25) is 9.05 Å². The molecule has 0 aromatic heterocycles. The summed E-state index contributed by atoms with van der Waals surface area (Å²) in [4.78, 5) is 12.4. The summed E-state index contributed by atoms with van der Waals surface area (Å²) in [7, 11) is 2.62. The number of nitrogens with zero attached hydrogens (tertiary/aromatic N) is 1. The molecule has 0 radical (unpaired) electrons. The highest BCUT2D eigenvalue weighted by Crippen LogP contribution is 2.27. The molecule has 82 valence electrons. The Morgan fingerprint density at radius 3 is 2.29 bits per heavy atom. The first-order chi connectivity index (χ1) is 6.25. The lowest BCUT2D eigenvalue weighted by Crippen LogP contribution is -2.38. The van der Waals surface area contributed by atoms with Gasteiger partial charge in [-0.2, -0.15) is 0 Å². The third-order valence-electron chi connectivity index (χ3n) is 2.38. The molecule has 1 heterocycles. The highest BCUT2D eigenvalue weighted by molar-refractivity contribution is 8.14. The molecule has 1 fully saturated rings. The summed E-state index contributed by atoms with van der Waals surface area (Å²) in [5.41, 5.74) is 0. The van der Waals surface area contributed by atoms with Crippen LogP contribution in [-0.2, 0) is 13.8 Å². The molecule has 3 unspecified atom stereocenters. The Morgan fingerprint density at radius 1 is 1.57 bits per heavy atom. The fraction of sp³-hybridized carbons (Fsp3) is 0.857. The number of carbonyl (C=O) groups is 1. The Balaban J connectivity index is 2.96. The second-order valence-corrected chi connectivity index (χ2v) is 6.30. The van der Waals surface area contributed by atoms with Crippen LogP contribution in [0.3, 0.4) is 0 Å². The number of rotatable bonds is 2. The van der Waals surface area contributed by atoms with Gasteiger partial charge in [0.15, 0.2) is 0 Å². The molecule has 14 heavy (non-hydrogen) atoms. The Kier molecular flexibility index (Phi) is 3.18. The minimum atomic E-state index is -3.95. The number of hydrogen-bond acceptors (Lipinski definition) is 4. The van der Waals surface area contributed by atoms with Gasteiger partial charge in [0, 0.05) is 17.2 Å². The number of alkyl halides is 1. The first kappa shape index (κ1) is 11.9. The summed E-state index contributed by atoms with van der Waals surface area (Å²) >= 11 is 0. The van der Waals surface area contributed by atoms with E-state index in [9.17, 15) is 17.6 Å². The van der Waals surface area contributed by atoms with Crippen LogP contribution in [0.4, 0.5) is 4.39 Å². The van der Waals surface area contributed by atoms with Crippen LogP contribution in [0.15, 0.2) is 0 Å². The number of carbonyl (C=O) groups excluding carboxylic acids is 1. The van der Waals surface area contributed by atoms with Crippen LogP contribution in [-0.4, -0.2) is 50.2 Å². The Labute approximate surface area is 86.4 Å². The summed E-state index contributed by atoms with van der Waals surface area (Å²) in [6.45, 7) is 1.19. The molecule has 4 nitrogen and oxygen atoms in total. The molecule has 1 aliphatic heterocycles.